The summed E-state index contributed by atoms with van der Waals surface area (Å²) in [5.41, 5.74) is 1.17. The molecule has 0 atom stereocenters. The number of para-hydroxylation sites is 1. The van der Waals surface area contributed by atoms with E-state index < -0.39 is 22.5 Å². The van der Waals surface area contributed by atoms with E-state index in [1.165, 1.54) is 13.2 Å². The number of benzene rings is 2. The van der Waals surface area contributed by atoms with Gasteiger partial charge >= 0.3 is 0 Å². The van der Waals surface area contributed by atoms with Crippen molar-refractivity contribution >= 4 is 33.2 Å². The zero-order valence-corrected chi connectivity index (χ0v) is 14.7. The number of aryl methyl sites for hydroxylation is 1. The second-order valence-corrected chi connectivity index (χ2v) is 7.15. The van der Waals surface area contributed by atoms with Crippen molar-refractivity contribution in [1.29, 1.82) is 0 Å². The zero-order valence-electron chi connectivity index (χ0n) is 13.2. The molecule has 0 heterocycles. The normalized spacial score (nSPS) is 11.1. The van der Waals surface area contributed by atoms with E-state index in [4.69, 9.17) is 16.3 Å². The maximum atomic E-state index is 12.4. The Morgan fingerprint density at radius 3 is 2.58 bits per heavy atom. The number of carbonyl (C=O) groups is 1. The number of methoxy groups -OCH3 is 1. The third-order valence-corrected chi connectivity index (χ3v) is 4.93. The van der Waals surface area contributed by atoms with E-state index in [1.54, 1.807) is 43.3 Å². The molecule has 0 aliphatic rings. The monoisotopic (exact) mass is 368 g/mol. The van der Waals surface area contributed by atoms with Crippen molar-refractivity contribution in [2.45, 2.75) is 11.8 Å². The number of rotatable bonds is 6. The Hall–Kier alpha value is -2.09. The lowest BCUT2D eigenvalue weighted by Crippen LogP contribution is -2.33. The molecule has 24 heavy (non-hydrogen) atoms. The molecular weight excluding hydrogens is 352 g/mol. The van der Waals surface area contributed by atoms with E-state index in [2.05, 4.69) is 10.0 Å². The maximum absolute atomic E-state index is 12.4. The molecule has 6 nitrogen and oxygen atoms in total. The van der Waals surface area contributed by atoms with Gasteiger partial charge in [0, 0.05) is 0 Å². The molecule has 0 radical (unpaired) electrons. The summed E-state index contributed by atoms with van der Waals surface area (Å²) in [4.78, 5) is 11.9. The summed E-state index contributed by atoms with van der Waals surface area (Å²) in [5, 5.41) is 2.91. The van der Waals surface area contributed by atoms with Gasteiger partial charge in [0.25, 0.3) is 0 Å². The van der Waals surface area contributed by atoms with Crippen molar-refractivity contribution in [2.75, 3.05) is 19.0 Å². The summed E-state index contributed by atoms with van der Waals surface area (Å²) in [6, 6.07) is 11.5. The van der Waals surface area contributed by atoms with Crippen molar-refractivity contribution in [2.24, 2.45) is 0 Å². The summed E-state index contributed by atoms with van der Waals surface area (Å²) in [7, 11) is -2.51. The van der Waals surface area contributed by atoms with Crippen LogP contribution < -0.4 is 14.8 Å². The van der Waals surface area contributed by atoms with Gasteiger partial charge in [0.15, 0.2) is 0 Å². The van der Waals surface area contributed by atoms with Crippen molar-refractivity contribution in [3.05, 3.63) is 53.1 Å². The number of sulfonamides is 1. The molecule has 2 aromatic carbocycles. The molecule has 8 heteroatoms. The van der Waals surface area contributed by atoms with Gasteiger partial charge in [-0.3, -0.25) is 4.79 Å². The second kappa shape index (κ2) is 7.65. The molecule has 0 aliphatic carbocycles. The van der Waals surface area contributed by atoms with Crippen LogP contribution in [0.25, 0.3) is 0 Å². The number of halogens is 1. The number of hydrogen-bond acceptors (Lipinski definition) is 4. The topological polar surface area (TPSA) is 84.5 Å². The van der Waals surface area contributed by atoms with Crippen molar-refractivity contribution < 1.29 is 17.9 Å². The summed E-state index contributed by atoms with van der Waals surface area (Å²) in [6.45, 7) is 1.34. The number of amides is 1. The highest BCUT2D eigenvalue weighted by molar-refractivity contribution is 7.89. The first kappa shape index (κ1) is 18.3. The number of nitrogens with one attached hydrogen (secondary N) is 2. The molecule has 0 fully saturated rings. The van der Waals surface area contributed by atoms with E-state index in [1.807, 2.05) is 0 Å². The Labute approximate surface area is 145 Å². The SMILES string of the molecule is COc1ccc(C)cc1S(=O)(=O)NCC(=O)Nc1ccccc1Cl. The largest absolute Gasteiger partial charge is 0.495 e. The van der Waals surface area contributed by atoms with Crippen molar-refractivity contribution in [3.8, 4) is 5.75 Å². The fourth-order valence-corrected chi connectivity index (χ4v) is 3.41. The average molecular weight is 369 g/mol. The Morgan fingerprint density at radius 1 is 1.21 bits per heavy atom. The predicted octanol–water partition coefficient (Wildman–Crippen LogP) is 2.57. The molecule has 0 spiro atoms. The van der Waals surface area contributed by atoms with Crippen LogP contribution in [0.2, 0.25) is 5.02 Å². The molecule has 0 unspecified atom stereocenters. The summed E-state index contributed by atoms with van der Waals surface area (Å²) in [5.74, 6) is -0.321. The molecule has 1 amide bonds. The van der Waals surface area contributed by atoms with Crippen LogP contribution in [0.5, 0.6) is 5.75 Å². The molecule has 0 aliphatic heterocycles. The average Bonchev–Trinajstić information content (AvgIpc) is 2.55. The third-order valence-electron chi connectivity index (χ3n) is 3.18. The van der Waals surface area contributed by atoms with E-state index in [0.717, 1.165) is 5.56 Å². The highest BCUT2D eigenvalue weighted by atomic mass is 35.5. The Kier molecular flexibility index (Phi) is 5.82. The molecule has 0 saturated heterocycles. The molecule has 128 valence electrons. The van der Waals surface area contributed by atoms with Gasteiger partial charge in [0.2, 0.25) is 15.9 Å². The van der Waals surface area contributed by atoms with E-state index in [0.29, 0.717) is 10.7 Å². The first-order valence-corrected chi connectivity index (χ1v) is 8.88. The van der Waals surface area contributed by atoms with Gasteiger partial charge in [-0.05, 0) is 36.8 Å². The summed E-state index contributed by atoms with van der Waals surface area (Å²) in [6.07, 6.45) is 0. The van der Waals surface area contributed by atoms with Crippen LogP contribution in [0.15, 0.2) is 47.4 Å². The van der Waals surface area contributed by atoms with Gasteiger partial charge in [-0.25, -0.2) is 13.1 Å². The lowest BCUT2D eigenvalue weighted by atomic mass is 10.2. The molecule has 0 aromatic heterocycles. The van der Waals surface area contributed by atoms with Gasteiger partial charge in [0.05, 0.1) is 24.4 Å². The third kappa shape index (κ3) is 4.47. The van der Waals surface area contributed by atoms with Crippen molar-refractivity contribution in [1.82, 2.24) is 4.72 Å². The first-order chi connectivity index (χ1) is 11.3. The predicted molar refractivity (Wildman–Crippen MR) is 93.0 cm³/mol. The van der Waals surface area contributed by atoms with E-state index >= 15 is 0 Å². The minimum Gasteiger partial charge on any atom is -0.495 e. The smallest absolute Gasteiger partial charge is 0.244 e. The Bertz CT molecular complexity index is 853. The van der Waals surface area contributed by atoms with Crippen LogP contribution in [0, 0.1) is 6.92 Å². The lowest BCUT2D eigenvalue weighted by molar-refractivity contribution is -0.115. The Balaban J connectivity index is 2.09. The minimum absolute atomic E-state index is 0.0180. The van der Waals surface area contributed by atoms with Gasteiger partial charge in [-0.15, -0.1) is 0 Å². The molecule has 2 rings (SSSR count). The van der Waals surface area contributed by atoms with Gasteiger partial charge < -0.3 is 10.1 Å². The van der Waals surface area contributed by atoms with Crippen LogP contribution in [0.1, 0.15) is 5.56 Å². The highest BCUT2D eigenvalue weighted by Gasteiger charge is 2.20. The van der Waals surface area contributed by atoms with Crippen LogP contribution in [-0.4, -0.2) is 28.0 Å². The molecule has 0 saturated carbocycles. The van der Waals surface area contributed by atoms with Crippen LogP contribution in [-0.2, 0) is 14.8 Å². The maximum Gasteiger partial charge on any atom is 0.244 e. The quantitative estimate of drug-likeness (QED) is 0.820. The van der Waals surface area contributed by atoms with E-state index in [-0.39, 0.29) is 10.6 Å². The second-order valence-electron chi connectivity index (χ2n) is 5.01. The lowest BCUT2D eigenvalue weighted by Gasteiger charge is -2.12. The van der Waals surface area contributed by atoms with Crippen LogP contribution in [0.4, 0.5) is 5.69 Å². The summed E-state index contributed by atoms with van der Waals surface area (Å²) < 4.78 is 32.1. The molecule has 0 bridgehead atoms. The number of hydrogen-bond donors (Lipinski definition) is 2. The molecule has 2 aromatic rings. The fourth-order valence-electron chi connectivity index (χ4n) is 1.99. The molecular formula is C16H17ClN2O4S. The highest BCUT2D eigenvalue weighted by Crippen LogP contribution is 2.24. The van der Waals surface area contributed by atoms with Crippen molar-refractivity contribution in [3.63, 3.8) is 0 Å². The number of anilines is 1. The minimum atomic E-state index is -3.89. The standard InChI is InChI=1S/C16H17ClN2O4S/c1-11-7-8-14(23-2)15(9-11)24(21,22)18-10-16(20)19-13-6-4-3-5-12(13)17/h3-9,18H,10H2,1-2H3,(H,19,20). The van der Waals surface area contributed by atoms with Gasteiger partial charge in [-0.2, -0.15) is 0 Å². The van der Waals surface area contributed by atoms with Crippen LogP contribution in [0.3, 0.4) is 0 Å². The molecule has 2 N–H and O–H groups in total. The van der Waals surface area contributed by atoms with Gasteiger partial charge in [-0.1, -0.05) is 29.8 Å². The number of carbonyl (C=O) groups excluding carboxylic acids is 1. The van der Waals surface area contributed by atoms with Gasteiger partial charge in [0.1, 0.15) is 10.6 Å². The van der Waals surface area contributed by atoms with E-state index in [9.17, 15) is 13.2 Å². The summed E-state index contributed by atoms with van der Waals surface area (Å²) >= 11 is 5.94. The zero-order chi connectivity index (χ0) is 17.7. The first-order valence-electron chi connectivity index (χ1n) is 7.02. The Morgan fingerprint density at radius 2 is 1.92 bits per heavy atom. The number of ether oxygens (including phenoxy) is 1. The fraction of sp³-hybridized carbons (Fsp3) is 0.188. The van der Waals surface area contributed by atoms with Crippen LogP contribution >= 0.6 is 11.6 Å².